The zero-order valence-corrected chi connectivity index (χ0v) is 8.03. The average molecular weight is 172 g/mol. The lowest BCUT2D eigenvalue weighted by Crippen LogP contribution is -2.12. The molecule has 3 heteroatoms. The van der Waals surface area contributed by atoms with Crippen molar-refractivity contribution < 1.29 is 0 Å². The number of rotatable bonds is 3. The molecule has 0 spiro atoms. The standard InChI is InChI=1S/C8H16N2S/c1-3-4-5-7-6(2)11-8(9)10-7/h6-7H,3-5H2,1-2H3,(H2,9,10). The largest absolute Gasteiger partial charge is 0.379 e. The molecule has 0 amide bonds. The Hall–Kier alpha value is -0.180. The topological polar surface area (TPSA) is 38.4 Å². The van der Waals surface area contributed by atoms with Gasteiger partial charge in [0.1, 0.15) is 0 Å². The van der Waals surface area contributed by atoms with E-state index < -0.39 is 0 Å². The number of nitrogens with zero attached hydrogens (tertiary/aromatic N) is 1. The number of amidine groups is 1. The molecule has 11 heavy (non-hydrogen) atoms. The third-order valence-corrected chi connectivity index (χ3v) is 3.03. The summed E-state index contributed by atoms with van der Waals surface area (Å²) in [5.41, 5.74) is 5.60. The molecule has 0 fully saturated rings. The predicted octanol–water partition coefficient (Wildman–Crippen LogP) is 2.00. The molecule has 0 aromatic carbocycles. The van der Waals surface area contributed by atoms with Crippen molar-refractivity contribution in [2.45, 2.75) is 44.4 Å². The zero-order chi connectivity index (χ0) is 8.27. The van der Waals surface area contributed by atoms with Crippen LogP contribution in [0.25, 0.3) is 0 Å². The molecule has 0 saturated carbocycles. The molecule has 2 N–H and O–H groups in total. The highest BCUT2D eigenvalue weighted by Crippen LogP contribution is 2.27. The SMILES string of the molecule is CCCCC1N=C(N)SC1C. The molecule has 2 atom stereocenters. The molecular formula is C8H16N2S. The Morgan fingerprint density at radius 3 is 2.82 bits per heavy atom. The number of hydrogen-bond acceptors (Lipinski definition) is 3. The van der Waals surface area contributed by atoms with Crippen molar-refractivity contribution in [3.05, 3.63) is 0 Å². The van der Waals surface area contributed by atoms with E-state index in [1.54, 1.807) is 11.8 Å². The first-order valence-electron chi connectivity index (χ1n) is 4.24. The summed E-state index contributed by atoms with van der Waals surface area (Å²) in [4.78, 5) is 4.36. The molecule has 64 valence electrons. The first-order valence-corrected chi connectivity index (χ1v) is 5.12. The first-order chi connectivity index (χ1) is 5.24. The molecule has 1 heterocycles. The van der Waals surface area contributed by atoms with Gasteiger partial charge in [-0.3, -0.25) is 4.99 Å². The van der Waals surface area contributed by atoms with Crippen LogP contribution in [0.2, 0.25) is 0 Å². The van der Waals surface area contributed by atoms with Crippen LogP contribution in [0.4, 0.5) is 0 Å². The number of unbranched alkanes of at least 4 members (excludes halogenated alkanes) is 1. The predicted molar refractivity (Wildman–Crippen MR) is 52.0 cm³/mol. The molecule has 1 aliphatic heterocycles. The van der Waals surface area contributed by atoms with Gasteiger partial charge in [-0.2, -0.15) is 0 Å². The van der Waals surface area contributed by atoms with Gasteiger partial charge in [-0.1, -0.05) is 38.5 Å². The van der Waals surface area contributed by atoms with Crippen molar-refractivity contribution in [2.24, 2.45) is 10.7 Å². The van der Waals surface area contributed by atoms with Crippen molar-refractivity contribution in [2.75, 3.05) is 0 Å². The number of thioether (sulfide) groups is 1. The minimum atomic E-state index is 0.486. The van der Waals surface area contributed by atoms with Crippen LogP contribution < -0.4 is 5.73 Å². The highest BCUT2D eigenvalue weighted by atomic mass is 32.2. The fraction of sp³-hybridized carbons (Fsp3) is 0.875. The van der Waals surface area contributed by atoms with Crippen molar-refractivity contribution >= 4 is 16.9 Å². The van der Waals surface area contributed by atoms with Gasteiger partial charge >= 0.3 is 0 Å². The molecule has 2 unspecified atom stereocenters. The number of aliphatic imine (C=N–C) groups is 1. The average Bonchev–Trinajstić information content (AvgIpc) is 2.26. The van der Waals surface area contributed by atoms with E-state index in [1.165, 1.54) is 19.3 Å². The van der Waals surface area contributed by atoms with Crippen molar-refractivity contribution in [3.8, 4) is 0 Å². The lowest BCUT2D eigenvalue weighted by Gasteiger charge is -2.10. The van der Waals surface area contributed by atoms with E-state index in [-0.39, 0.29) is 0 Å². The Bertz CT molecular complexity index is 156. The van der Waals surface area contributed by atoms with Crippen molar-refractivity contribution in [1.29, 1.82) is 0 Å². The molecule has 0 aliphatic carbocycles. The second-order valence-electron chi connectivity index (χ2n) is 3.00. The van der Waals surface area contributed by atoms with Gasteiger partial charge < -0.3 is 5.73 Å². The van der Waals surface area contributed by atoms with Gasteiger partial charge in [0.2, 0.25) is 0 Å². The third-order valence-electron chi connectivity index (χ3n) is 2.00. The second-order valence-corrected chi connectivity index (χ2v) is 4.40. The van der Waals surface area contributed by atoms with Crippen LogP contribution in [0, 0.1) is 0 Å². The van der Waals surface area contributed by atoms with Gasteiger partial charge in [-0.15, -0.1) is 0 Å². The monoisotopic (exact) mass is 172 g/mol. The Morgan fingerprint density at radius 1 is 1.64 bits per heavy atom. The highest BCUT2D eigenvalue weighted by Gasteiger charge is 2.23. The summed E-state index contributed by atoms with van der Waals surface area (Å²) < 4.78 is 0. The second kappa shape index (κ2) is 4.00. The van der Waals surface area contributed by atoms with E-state index in [0.717, 1.165) is 5.17 Å². The molecular weight excluding hydrogens is 156 g/mol. The summed E-state index contributed by atoms with van der Waals surface area (Å²) in [6.07, 6.45) is 3.72. The van der Waals surface area contributed by atoms with E-state index in [4.69, 9.17) is 5.73 Å². The van der Waals surface area contributed by atoms with Crippen LogP contribution in [0.5, 0.6) is 0 Å². The van der Waals surface area contributed by atoms with Gasteiger partial charge in [-0.25, -0.2) is 0 Å². The maximum Gasteiger partial charge on any atom is 0.154 e. The lowest BCUT2D eigenvalue weighted by molar-refractivity contribution is 0.582. The smallest absolute Gasteiger partial charge is 0.154 e. The summed E-state index contributed by atoms with van der Waals surface area (Å²) in [6, 6.07) is 0.486. The van der Waals surface area contributed by atoms with E-state index in [2.05, 4.69) is 18.8 Å². The van der Waals surface area contributed by atoms with Gasteiger partial charge in [0.15, 0.2) is 5.17 Å². The molecule has 0 radical (unpaired) electrons. The van der Waals surface area contributed by atoms with Crippen molar-refractivity contribution in [1.82, 2.24) is 0 Å². The molecule has 2 nitrogen and oxygen atoms in total. The van der Waals surface area contributed by atoms with Crippen LogP contribution in [0.15, 0.2) is 4.99 Å². The molecule has 0 bridgehead atoms. The normalized spacial score (nSPS) is 30.5. The Labute approximate surface area is 72.6 Å². The van der Waals surface area contributed by atoms with Crippen LogP contribution >= 0.6 is 11.8 Å². The summed E-state index contributed by atoms with van der Waals surface area (Å²) in [5, 5.41) is 1.38. The van der Waals surface area contributed by atoms with Gasteiger partial charge in [0, 0.05) is 5.25 Å². The summed E-state index contributed by atoms with van der Waals surface area (Å²) in [5.74, 6) is 0. The Morgan fingerprint density at radius 2 is 2.36 bits per heavy atom. The minimum Gasteiger partial charge on any atom is -0.379 e. The zero-order valence-electron chi connectivity index (χ0n) is 7.21. The molecule has 0 aromatic heterocycles. The first kappa shape index (κ1) is 8.91. The van der Waals surface area contributed by atoms with Gasteiger partial charge in [-0.05, 0) is 6.42 Å². The van der Waals surface area contributed by atoms with Crippen LogP contribution in [0.3, 0.4) is 0 Å². The highest BCUT2D eigenvalue weighted by molar-refractivity contribution is 8.14. The summed E-state index contributed by atoms with van der Waals surface area (Å²) in [7, 11) is 0. The fourth-order valence-corrected chi connectivity index (χ4v) is 2.21. The van der Waals surface area contributed by atoms with E-state index in [0.29, 0.717) is 11.3 Å². The fourth-order valence-electron chi connectivity index (χ4n) is 1.28. The summed E-state index contributed by atoms with van der Waals surface area (Å²) in [6.45, 7) is 4.41. The van der Waals surface area contributed by atoms with Crippen LogP contribution in [0.1, 0.15) is 33.1 Å². The molecule has 1 aliphatic rings. The minimum absolute atomic E-state index is 0.486. The van der Waals surface area contributed by atoms with Gasteiger partial charge in [0.25, 0.3) is 0 Å². The number of nitrogens with two attached hydrogens (primary N) is 1. The summed E-state index contributed by atoms with van der Waals surface area (Å²) >= 11 is 1.71. The maximum absolute atomic E-state index is 5.60. The van der Waals surface area contributed by atoms with Crippen molar-refractivity contribution in [3.63, 3.8) is 0 Å². The Balaban J connectivity index is 2.33. The van der Waals surface area contributed by atoms with Crippen LogP contribution in [-0.4, -0.2) is 16.5 Å². The quantitative estimate of drug-likeness (QED) is 0.707. The van der Waals surface area contributed by atoms with E-state index >= 15 is 0 Å². The Kier molecular flexibility index (Phi) is 3.24. The van der Waals surface area contributed by atoms with E-state index in [1.807, 2.05) is 0 Å². The number of hydrogen-bond donors (Lipinski definition) is 1. The molecule has 0 saturated heterocycles. The third kappa shape index (κ3) is 2.40. The van der Waals surface area contributed by atoms with Gasteiger partial charge in [0.05, 0.1) is 6.04 Å². The van der Waals surface area contributed by atoms with Crippen LogP contribution in [-0.2, 0) is 0 Å². The maximum atomic E-state index is 5.60. The van der Waals surface area contributed by atoms with E-state index in [9.17, 15) is 0 Å². The lowest BCUT2D eigenvalue weighted by atomic mass is 10.1. The molecule has 1 rings (SSSR count). The molecule has 0 aromatic rings.